The Morgan fingerprint density at radius 1 is 1.27 bits per heavy atom. The van der Waals surface area contributed by atoms with Crippen molar-refractivity contribution in [3.8, 4) is 11.5 Å². The second kappa shape index (κ2) is 8.00. The molecule has 8 heteroatoms. The summed E-state index contributed by atoms with van der Waals surface area (Å²) in [6.45, 7) is 1.11. The number of nitrogens with zero attached hydrogens (tertiary/aromatic N) is 1. The number of rotatable bonds is 7. The summed E-state index contributed by atoms with van der Waals surface area (Å²) in [4.78, 5) is 25.9. The minimum Gasteiger partial charge on any atom is -0.495 e. The van der Waals surface area contributed by atoms with E-state index in [2.05, 4.69) is 21.2 Å². The van der Waals surface area contributed by atoms with Gasteiger partial charge in [0, 0.05) is 13.1 Å². The SMILES string of the molecule is COc1c(Br)cc(C(N)=O)c(OC)c1C(=O)NCCN(C)C. The Morgan fingerprint density at radius 3 is 2.32 bits per heavy atom. The van der Waals surface area contributed by atoms with Crippen molar-refractivity contribution in [1.29, 1.82) is 0 Å². The average Bonchev–Trinajstić information content (AvgIpc) is 2.45. The van der Waals surface area contributed by atoms with Crippen LogP contribution in [-0.4, -0.2) is 58.1 Å². The van der Waals surface area contributed by atoms with Crippen LogP contribution in [-0.2, 0) is 0 Å². The topological polar surface area (TPSA) is 93.9 Å². The Bertz CT molecular complexity index is 576. The molecule has 1 rings (SSSR count). The van der Waals surface area contributed by atoms with Crippen LogP contribution in [0, 0.1) is 0 Å². The summed E-state index contributed by atoms with van der Waals surface area (Å²) >= 11 is 3.27. The fourth-order valence-electron chi connectivity index (χ4n) is 1.90. The fourth-order valence-corrected chi connectivity index (χ4v) is 2.49. The summed E-state index contributed by atoms with van der Waals surface area (Å²) < 4.78 is 10.9. The summed E-state index contributed by atoms with van der Waals surface area (Å²) in [5, 5.41) is 2.76. The predicted molar refractivity (Wildman–Crippen MR) is 86.7 cm³/mol. The third kappa shape index (κ3) is 4.11. The number of methoxy groups -OCH3 is 2. The number of likely N-dealkylation sites (N-methyl/N-ethyl adjacent to an activating group) is 1. The number of amides is 2. The van der Waals surface area contributed by atoms with Crippen LogP contribution in [0.25, 0.3) is 0 Å². The van der Waals surface area contributed by atoms with E-state index in [0.717, 1.165) is 0 Å². The van der Waals surface area contributed by atoms with E-state index < -0.39 is 11.8 Å². The van der Waals surface area contributed by atoms with Crippen LogP contribution in [0.15, 0.2) is 10.5 Å². The van der Waals surface area contributed by atoms with E-state index in [1.54, 1.807) is 0 Å². The average molecular weight is 374 g/mol. The molecule has 122 valence electrons. The summed E-state index contributed by atoms with van der Waals surface area (Å²) in [7, 11) is 6.60. The second-order valence-corrected chi connectivity index (χ2v) is 5.63. The Labute approximate surface area is 137 Å². The highest BCUT2D eigenvalue weighted by atomic mass is 79.9. The van der Waals surface area contributed by atoms with Crippen molar-refractivity contribution in [1.82, 2.24) is 10.2 Å². The van der Waals surface area contributed by atoms with Crippen molar-refractivity contribution in [3.05, 3.63) is 21.7 Å². The maximum atomic E-state index is 12.5. The van der Waals surface area contributed by atoms with Crippen LogP contribution < -0.4 is 20.5 Å². The van der Waals surface area contributed by atoms with Crippen LogP contribution in [0.2, 0.25) is 0 Å². The van der Waals surface area contributed by atoms with Crippen LogP contribution in [0.3, 0.4) is 0 Å². The van der Waals surface area contributed by atoms with Crippen molar-refractivity contribution in [2.75, 3.05) is 41.4 Å². The summed E-state index contributed by atoms with van der Waals surface area (Å²) in [5.41, 5.74) is 5.58. The molecule has 2 amide bonds. The molecule has 1 aromatic rings. The van der Waals surface area contributed by atoms with Gasteiger partial charge in [-0.05, 0) is 36.1 Å². The van der Waals surface area contributed by atoms with Crippen LogP contribution >= 0.6 is 15.9 Å². The van der Waals surface area contributed by atoms with Crippen LogP contribution in [0.1, 0.15) is 20.7 Å². The fraction of sp³-hybridized carbons (Fsp3) is 0.429. The molecule has 0 saturated carbocycles. The zero-order chi connectivity index (χ0) is 16.9. The first-order valence-electron chi connectivity index (χ1n) is 6.50. The van der Waals surface area contributed by atoms with Crippen LogP contribution in [0.4, 0.5) is 0 Å². The van der Waals surface area contributed by atoms with Crippen molar-refractivity contribution in [3.63, 3.8) is 0 Å². The minimum absolute atomic E-state index is 0.0925. The van der Waals surface area contributed by atoms with E-state index in [0.29, 0.717) is 17.6 Å². The van der Waals surface area contributed by atoms with Gasteiger partial charge in [0.1, 0.15) is 17.1 Å². The lowest BCUT2D eigenvalue weighted by Gasteiger charge is -2.17. The monoisotopic (exact) mass is 373 g/mol. The summed E-state index contributed by atoms with van der Waals surface area (Å²) in [6.07, 6.45) is 0. The molecule has 0 fully saturated rings. The molecular formula is C14H20BrN3O4. The van der Waals surface area contributed by atoms with Gasteiger partial charge in [-0.3, -0.25) is 9.59 Å². The molecule has 0 aliphatic rings. The lowest BCUT2D eigenvalue weighted by Crippen LogP contribution is -2.32. The number of benzene rings is 1. The number of primary amides is 1. The van der Waals surface area contributed by atoms with Crippen molar-refractivity contribution in [2.24, 2.45) is 5.73 Å². The number of nitrogens with one attached hydrogen (secondary N) is 1. The molecule has 1 aromatic carbocycles. The van der Waals surface area contributed by atoms with E-state index in [4.69, 9.17) is 15.2 Å². The van der Waals surface area contributed by atoms with E-state index in [1.807, 2.05) is 19.0 Å². The Hall–Kier alpha value is -1.80. The standard InChI is InChI=1S/C14H20BrN3O4/c1-18(2)6-5-17-14(20)10-11(21-3)8(13(16)19)7-9(15)12(10)22-4/h7H,5-6H2,1-4H3,(H2,16,19)(H,17,20). The van der Waals surface area contributed by atoms with E-state index >= 15 is 0 Å². The summed E-state index contributed by atoms with van der Waals surface area (Å²) in [6, 6.07) is 1.47. The third-order valence-electron chi connectivity index (χ3n) is 2.93. The first kappa shape index (κ1) is 18.2. The first-order chi connectivity index (χ1) is 10.3. The van der Waals surface area contributed by atoms with Gasteiger partial charge in [-0.25, -0.2) is 0 Å². The molecule has 0 heterocycles. The number of ether oxygens (including phenoxy) is 2. The molecule has 3 N–H and O–H groups in total. The molecule has 0 radical (unpaired) electrons. The van der Waals surface area contributed by atoms with E-state index in [9.17, 15) is 9.59 Å². The number of carbonyl (C=O) groups is 2. The molecule has 0 aliphatic heterocycles. The summed E-state index contributed by atoms with van der Waals surface area (Å²) in [5.74, 6) is -0.721. The molecule has 0 aromatic heterocycles. The maximum Gasteiger partial charge on any atom is 0.258 e. The van der Waals surface area contributed by atoms with Gasteiger partial charge >= 0.3 is 0 Å². The molecule has 0 saturated heterocycles. The number of hydrogen-bond donors (Lipinski definition) is 2. The smallest absolute Gasteiger partial charge is 0.258 e. The van der Waals surface area contributed by atoms with Gasteiger partial charge in [0.05, 0.1) is 24.3 Å². The number of carbonyl (C=O) groups excluding carboxylic acids is 2. The normalized spacial score (nSPS) is 10.5. The van der Waals surface area contributed by atoms with Gasteiger partial charge in [0.15, 0.2) is 0 Å². The van der Waals surface area contributed by atoms with Gasteiger partial charge in [0.25, 0.3) is 11.8 Å². The molecular weight excluding hydrogens is 354 g/mol. The van der Waals surface area contributed by atoms with Gasteiger partial charge in [-0.15, -0.1) is 0 Å². The van der Waals surface area contributed by atoms with Crippen LogP contribution in [0.5, 0.6) is 11.5 Å². The molecule has 0 bridgehead atoms. The zero-order valence-corrected chi connectivity index (χ0v) is 14.6. The zero-order valence-electron chi connectivity index (χ0n) is 13.0. The molecule has 0 unspecified atom stereocenters. The lowest BCUT2D eigenvalue weighted by molar-refractivity contribution is 0.0944. The highest BCUT2D eigenvalue weighted by molar-refractivity contribution is 9.10. The van der Waals surface area contributed by atoms with Gasteiger partial charge in [-0.2, -0.15) is 0 Å². The predicted octanol–water partition coefficient (Wildman–Crippen LogP) is 0.857. The van der Waals surface area contributed by atoms with E-state index in [1.165, 1.54) is 20.3 Å². The van der Waals surface area contributed by atoms with Crippen molar-refractivity contribution >= 4 is 27.7 Å². The number of hydrogen-bond acceptors (Lipinski definition) is 5. The Kier molecular flexibility index (Phi) is 6.63. The highest BCUT2D eigenvalue weighted by Crippen LogP contribution is 2.38. The first-order valence-corrected chi connectivity index (χ1v) is 7.30. The second-order valence-electron chi connectivity index (χ2n) is 4.77. The van der Waals surface area contributed by atoms with Gasteiger partial charge in [-0.1, -0.05) is 0 Å². The third-order valence-corrected chi connectivity index (χ3v) is 3.52. The number of nitrogens with two attached hydrogens (primary N) is 1. The molecule has 7 nitrogen and oxygen atoms in total. The maximum absolute atomic E-state index is 12.5. The molecule has 0 atom stereocenters. The van der Waals surface area contributed by atoms with Crippen molar-refractivity contribution < 1.29 is 19.1 Å². The molecule has 0 spiro atoms. The quantitative estimate of drug-likeness (QED) is 0.738. The van der Waals surface area contributed by atoms with Gasteiger partial charge < -0.3 is 25.4 Å². The highest BCUT2D eigenvalue weighted by Gasteiger charge is 2.26. The number of halogens is 1. The van der Waals surface area contributed by atoms with Crippen molar-refractivity contribution in [2.45, 2.75) is 0 Å². The van der Waals surface area contributed by atoms with Gasteiger partial charge in [0.2, 0.25) is 0 Å². The minimum atomic E-state index is -0.692. The van der Waals surface area contributed by atoms with E-state index in [-0.39, 0.29) is 22.6 Å². The Morgan fingerprint density at radius 2 is 1.86 bits per heavy atom. The largest absolute Gasteiger partial charge is 0.495 e. The molecule has 0 aliphatic carbocycles. The molecule has 22 heavy (non-hydrogen) atoms. The lowest BCUT2D eigenvalue weighted by atomic mass is 10.1. The Balaban J connectivity index is 3.29.